The van der Waals surface area contributed by atoms with Crippen molar-refractivity contribution in [3.8, 4) is 11.1 Å². The smallest absolute Gasteiger partial charge is 0.131 e. The molecule has 0 N–H and O–H groups in total. The molecule has 2 aromatic carbocycles. The molecule has 0 radical (unpaired) electrons. The Morgan fingerprint density at radius 1 is 0.733 bits per heavy atom. The SMILES string of the molecule is Cc1c(F)cccc1-c1ccccc1F. The molecule has 0 aliphatic rings. The number of benzene rings is 2. The second kappa shape index (κ2) is 3.81. The van der Waals surface area contributed by atoms with Crippen LogP contribution in [0.2, 0.25) is 0 Å². The summed E-state index contributed by atoms with van der Waals surface area (Å²) in [7, 11) is 0. The Morgan fingerprint density at radius 3 is 2.07 bits per heavy atom. The molecule has 2 aromatic rings. The lowest BCUT2D eigenvalue weighted by molar-refractivity contribution is 0.617. The molecule has 0 amide bonds. The van der Waals surface area contributed by atoms with Gasteiger partial charge in [0, 0.05) is 5.56 Å². The standard InChI is InChI=1S/C13H10F2/c1-9-10(6-4-8-12(9)14)11-5-2-3-7-13(11)15/h2-8H,1H3. The van der Waals surface area contributed by atoms with Crippen LogP contribution in [0.1, 0.15) is 5.56 Å². The highest BCUT2D eigenvalue weighted by atomic mass is 19.1. The lowest BCUT2D eigenvalue weighted by atomic mass is 10.00. The second-order valence-electron chi connectivity index (χ2n) is 3.39. The van der Waals surface area contributed by atoms with E-state index in [2.05, 4.69) is 0 Å². The third-order valence-corrected chi connectivity index (χ3v) is 2.43. The van der Waals surface area contributed by atoms with Crippen molar-refractivity contribution in [1.82, 2.24) is 0 Å². The topological polar surface area (TPSA) is 0 Å². The predicted molar refractivity (Wildman–Crippen MR) is 56.5 cm³/mol. The highest BCUT2D eigenvalue weighted by molar-refractivity contribution is 5.67. The molecule has 2 rings (SSSR count). The van der Waals surface area contributed by atoms with Gasteiger partial charge in [-0.3, -0.25) is 0 Å². The summed E-state index contributed by atoms with van der Waals surface area (Å²) in [6, 6.07) is 11.1. The highest BCUT2D eigenvalue weighted by Gasteiger charge is 2.08. The van der Waals surface area contributed by atoms with Crippen molar-refractivity contribution in [3.05, 3.63) is 59.7 Å². The van der Waals surface area contributed by atoms with E-state index >= 15 is 0 Å². The second-order valence-corrected chi connectivity index (χ2v) is 3.39. The molecule has 0 bridgehead atoms. The summed E-state index contributed by atoms with van der Waals surface area (Å²) in [6.45, 7) is 1.65. The average Bonchev–Trinajstić information content (AvgIpc) is 2.23. The first-order chi connectivity index (χ1) is 7.20. The van der Waals surface area contributed by atoms with Gasteiger partial charge in [0.15, 0.2) is 0 Å². The quantitative estimate of drug-likeness (QED) is 0.660. The lowest BCUT2D eigenvalue weighted by Gasteiger charge is -2.07. The summed E-state index contributed by atoms with van der Waals surface area (Å²) < 4.78 is 26.7. The third kappa shape index (κ3) is 1.75. The van der Waals surface area contributed by atoms with Crippen LogP contribution >= 0.6 is 0 Å². The monoisotopic (exact) mass is 204 g/mol. The molecule has 0 fully saturated rings. The maximum Gasteiger partial charge on any atom is 0.131 e. The van der Waals surface area contributed by atoms with Crippen LogP contribution in [-0.2, 0) is 0 Å². The van der Waals surface area contributed by atoms with Gasteiger partial charge in [-0.1, -0.05) is 30.3 Å². The summed E-state index contributed by atoms with van der Waals surface area (Å²) >= 11 is 0. The van der Waals surface area contributed by atoms with E-state index in [0.717, 1.165) is 0 Å². The molecule has 0 nitrogen and oxygen atoms in total. The number of rotatable bonds is 1. The molecular formula is C13H10F2. The molecule has 15 heavy (non-hydrogen) atoms. The van der Waals surface area contributed by atoms with Gasteiger partial charge >= 0.3 is 0 Å². The Morgan fingerprint density at radius 2 is 1.33 bits per heavy atom. The number of hydrogen-bond acceptors (Lipinski definition) is 0. The minimum absolute atomic E-state index is 0.309. The summed E-state index contributed by atoms with van der Waals surface area (Å²) in [5.74, 6) is -0.637. The van der Waals surface area contributed by atoms with Gasteiger partial charge in [-0.05, 0) is 30.2 Å². The van der Waals surface area contributed by atoms with E-state index in [-0.39, 0.29) is 11.6 Å². The van der Waals surface area contributed by atoms with Gasteiger partial charge in [-0.15, -0.1) is 0 Å². The summed E-state index contributed by atoms with van der Waals surface area (Å²) in [6.07, 6.45) is 0. The molecule has 0 aliphatic carbocycles. The van der Waals surface area contributed by atoms with Crippen molar-refractivity contribution in [1.29, 1.82) is 0 Å². The van der Waals surface area contributed by atoms with Crippen molar-refractivity contribution in [3.63, 3.8) is 0 Å². The van der Waals surface area contributed by atoms with Gasteiger partial charge in [0.1, 0.15) is 11.6 Å². The third-order valence-electron chi connectivity index (χ3n) is 2.43. The molecule has 76 valence electrons. The first-order valence-corrected chi connectivity index (χ1v) is 4.70. The number of halogens is 2. The van der Waals surface area contributed by atoms with E-state index in [4.69, 9.17) is 0 Å². The Kier molecular flexibility index (Phi) is 2.50. The van der Waals surface area contributed by atoms with Crippen molar-refractivity contribution in [2.24, 2.45) is 0 Å². The zero-order valence-electron chi connectivity index (χ0n) is 8.30. The fourth-order valence-corrected chi connectivity index (χ4v) is 1.58. The van der Waals surface area contributed by atoms with Gasteiger partial charge in [0.2, 0.25) is 0 Å². The lowest BCUT2D eigenvalue weighted by Crippen LogP contribution is -1.90. The maximum absolute atomic E-state index is 13.5. The van der Waals surface area contributed by atoms with Crippen molar-refractivity contribution in [2.75, 3.05) is 0 Å². The first kappa shape index (κ1) is 9.84. The van der Waals surface area contributed by atoms with E-state index in [1.165, 1.54) is 12.1 Å². The Labute approximate surface area is 87.2 Å². The van der Waals surface area contributed by atoms with E-state index in [0.29, 0.717) is 16.7 Å². The molecule has 0 saturated heterocycles. The van der Waals surface area contributed by atoms with Crippen LogP contribution in [0.15, 0.2) is 42.5 Å². The van der Waals surface area contributed by atoms with Crippen LogP contribution < -0.4 is 0 Å². The van der Waals surface area contributed by atoms with Crippen LogP contribution in [-0.4, -0.2) is 0 Å². The Hall–Kier alpha value is -1.70. The van der Waals surface area contributed by atoms with Gasteiger partial charge in [-0.2, -0.15) is 0 Å². The molecule has 0 saturated carbocycles. The van der Waals surface area contributed by atoms with Crippen LogP contribution in [0.25, 0.3) is 11.1 Å². The molecule has 0 unspecified atom stereocenters. The molecule has 0 spiro atoms. The highest BCUT2D eigenvalue weighted by Crippen LogP contribution is 2.26. The molecule has 0 heterocycles. The summed E-state index contributed by atoms with van der Waals surface area (Å²) in [4.78, 5) is 0. The molecular weight excluding hydrogens is 194 g/mol. The molecule has 0 aromatic heterocycles. The Balaban J connectivity index is 2.65. The van der Waals surface area contributed by atoms with Crippen LogP contribution in [0.4, 0.5) is 8.78 Å². The van der Waals surface area contributed by atoms with Gasteiger partial charge in [0.05, 0.1) is 0 Å². The van der Waals surface area contributed by atoms with Crippen molar-refractivity contribution < 1.29 is 8.78 Å². The molecule has 2 heteroatoms. The molecule has 0 aliphatic heterocycles. The predicted octanol–water partition coefficient (Wildman–Crippen LogP) is 3.94. The van der Waals surface area contributed by atoms with Crippen LogP contribution in [0.5, 0.6) is 0 Å². The fraction of sp³-hybridized carbons (Fsp3) is 0.0769. The van der Waals surface area contributed by atoms with E-state index in [1.54, 1.807) is 37.3 Å². The van der Waals surface area contributed by atoms with Crippen LogP contribution in [0.3, 0.4) is 0 Å². The van der Waals surface area contributed by atoms with Crippen molar-refractivity contribution >= 4 is 0 Å². The maximum atomic E-state index is 13.5. The number of hydrogen-bond donors (Lipinski definition) is 0. The van der Waals surface area contributed by atoms with Crippen LogP contribution in [0, 0.1) is 18.6 Å². The fourth-order valence-electron chi connectivity index (χ4n) is 1.58. The largest absolute Gasteiger partial charge is 0.207 e. The van der Waals surface area contributed by atoms with Gasteiger partial charge < -0.3 is 0 Å². The minimum Gasteiger partial charge on any atom is -0.207 e. The van der Waals surface area contributed by atoms with Crippen molar-refractivity contribution in [2.45, 2.75) is 6.92 Å². The summed E-state index contributed by atoms with van der Waals surface area (Å²) in [5, 5.41) is 0. The Bertz CT molecular complexity index is 490. The average molecular weight is 204 g/mol. The van der Waals surface area contributed by atoms with E-state index < -0.39 is 0 Å². The van der Waals surface area contributed by atoms with Gasteiger partial charge in [0.25, 0.3) is 0 Å². The minimum atomic E-state index is -0.328. The first-order valence-electron chi connectivity index (χ1n) is 4.70. The van der Waals surface area contributed by atoms with Gasteiger partial charge in [-0.25, -0.2) is 8.78 Å². The van der Waals surface area contributed by atoms with E-state index in [1.807, 2.05) is 0 Å². The summed E-state index contributed by atoms with van der Waals surface area (Å²) in [5.41, 5.74) is 1.52. The zero-order valence-corrected chi connectivity index (χ0v) is 8.30. The van der Waals surface area contributed by atoms with E-state index in [9.17, 15) is 8.78 Å². The zero-order chi connectivity index (χ0) is 10.8. The molecule has 0 atom stereocenters. The normalized spacial score (nSPS) is 10.3.